The average molecular weight is 220 g/mol. The Balaban J connectivity index is 1.75. The fourth-order valence-electron chi connectivity index (χ4n) is 2.14. The average Bonchev–Trinajstić information content (AvgIpc) is 2.27. The lowest BCUT2D eigenvalue weighted by Crippen LogP contribution is -2.46. The molecule has 2 rings (SSSR count). The van der Waals surface area contributed by atoms with Crippen LogP contribution >= 0.6 is 0 Å². The predicted molar refractivity (Wildman–Crippen MR) is 64.2 cm³/mol. The maximum absolute atomic E-state index is 5.54. The largest absolute Gasteiger partial charge is 0.378 e. The van der Waals surface area contributed by atoms with Crippen molar-refractivity contribution in [2.45, 2.75) is 44.9 Å². The van der Waals surface area contributed by atoms with E-state index in [1.165, 1.54) is 0 Å². The number of rotatable bonds is 5. The Bertz CT molecular complexity index is 309. The van der Waals surface area contributed by atoms with E-state index in [0.29, 0.717) is 18.2 Å². The van der Waals surface area contributed by atoms with Gasteiger partial charge in [0.1, 0.15) is 0 Å². The number of ether oxygens (including phenoxy) is 1. The summed E-state index contributed by atoms with van der Waals surface area (Å²) in [7, 11) is 0. The van der Waals surface area contributed by atoms with Gasteiger partial charge < -0.3 is 10.1 Å². The van der Waals surface area contributed by atoms with Gasteiger partial charge in [0.2, 0.25) is 0 Å². The molecular formula is C13H20N2O. The molecule has 3 nitrogen and oxygen atoms in total. The zero-order valence-electron chi connectivity index (χ0n) is 10.0. The molecule has 1 atom stereocenters. The molecule has 1 fully saturated rings. The number of pyridine rings is 1. The van der Waals surface area contributed by atoms with Crippen molar-refractivity contribution in [2.24, 2.45) is 0 Å². The zero-order chi connectivity index (χ0) is 11.4. The minimum Gasteiger partial charge on any atom is -0.378 e. The van der Waals surface area contributed by atoms with E-state index in [9.17, 15) is 0 Å². The Morgan fingerprint density at radius 2 is 2.31 bits per heavy atom. The van der Waals surface area contributed by atoms with Crippen molar-refractivity contribution in [3.63, 3.8) is 0 Å². The highest BCUT2D eigenvalue weighted by molar-refractivity contribution is 5.08. The highest BCUT2D eigenvalue weighted by atomic mass is 16.5. The lowest BCUT2D eigenvalue weighted by atomic mass is 9.88. The van der Waals surface area contributed by atoms with Gasteiger partial charge in [-0.05, 0) is 38.8 Å². The lowest BCUT2D eigenvalue weighted by molar-refractivity contribution is -0.0121. The van der Waals surface area contributed by atoms with Crippen LogP contribution in [-0.4, -0.2) is 23.7 Å². The molecule has 0 aromatic carbocycles. The first-order valence-corrected chi connectivity index (χ1v) is 6.08. The molecule has 3 heteroatoms. The maximum atomic E-state index is 5.54. The molecule has 0 radical (unpaired) electrons. The SMILES string of the molecule is CCOC1CC(NC(C)c2ccccn2)C1. The van der Waals surface area contributed by atoms with Crippen LogP contribution in [0.1, 0.15) is 38.4 Å². The third-order valence-corrected chi connectivity index (χ3v) is 3.11. The van der Waals surface area contributed by atoms with Crippen molar-refractivity contribution < 1.29 is 4.74 Å². The van der Waals surface area contributed by atoms with E-state index in [1.807, 2.05) is 18.3 Å². The molecule has 16 heavy (non-hydrogen) atoms. The molecule has 0 bridgehead atoms. The van der Waals surface area contributed by atoms with Gasteiger partial charge in [-0.15, -0.1) is 0 Å². The summed E-state index contributed by atoms with van der Waals surface area (Å²) >= 11 is 0. The summed E-state index contributed by atoms with van der Waals surface area (Å²) < 4.78 is 5.54. The Morgan fingerprint density at radius 1 is 1.50 bits per heavy atom. The van der Waals surface area contributed by atoms with Crippen LogP contribution in [0.3, 0.4) is 0 Å². The van der Waals surface area contributed by atoms with Crippen molar-refractivity contribution in [1.82, 2.24) is 10.3 Å². The number of aromatic nitrogens is 1. The van der Waals surface area contributed by atoms with Gasteiger partial charge >= 0.3 is 0 Å². The first-order valence-electron chi connectivity index (χ1n) is 6.08. The molecule has 1 saturated carbocycles. The smallest absolute Gasteiger partial charge is 0.0604 e. The van der Waals surface area contributed by atoms with Gasteiger partial charge in [-0.2, -0.15) is 0 Å². The van der Waals surface area contributed by atoms with Gasteiger partial charge in [0.05, 0.1) is 11.8 Å². The lowest BCUT2D eigenvalue weighted by Gasteiger charge is -2.37. The highest BCUT2D eigenvalue weighted by Crippen LogP contribution is 2.25. The van der Waals surface area contributed by atoms with E-state index in [1.54, 1.807) is 0 Å². The number of nitrogens with one attached hydrogen (secondary N) is 1. The quantitative estimate of drug-likeness (QED) is 0.826. The summed E-state index contributed by atoms with van der Waals surface area (Å²) in [6, 6.07) is 6.97. The van der Waals surface area contributed by atoms with Gasteiger partial charge in [0.15, 0.2) is 0 Å². The van der Waals surface area contributed by atoms with E-state index >= 15 is 0 Å². The maximum Gasteiger partial charge on any atom is 0.0604 e. The third-order valence-electron chi connectivity index (χ3n) is 3.11. The van der Waals surface area contributed by atoms with Crippen LogP contribution in [0.4, 0.5) is 0 Å². The first kappa shape index (κ1) is 11.6. The summed E-state index contributed by atoms with van der Waals surface area (Å²) in [5, 5.41) is 3.58. The van der Waals surface area contributed by atoms with Crippen molar-refractivity contribution in [1.29, 1.82) is 0 Å². The molecule has 1 aromatic rings. The normalized spacial score (nSPS) is 26.1. The van der Waals surface area contributed by atoms with Crippen LogP contribution in [0.2, 0.25) is 0 Å². The molecule has 0 amide bonds. The van der Waals surface area contributed by atoms with Crippen molar-refractivity contribution in [3.8, 4) is 0 Å². The second-order valence-electron chi connectivity index (χ2n) is 4.39. The molecule has 0 aliphatic heterocycles. The standard InChI is InChI=1S/C13H20N2O/c1-3-16-12-8-11(9-12)15-10(2)13-6-4-5-7-14-13/h4-7,10-12,15H,3,8-9H2,1-2H3. The molecule has 1 heterocycles. The first-order chi connectivity index (χ1) is 7.79. The molecule has 1 aromatic heterocycles. The number of hydrogen-bond acceptors (Lipinski definition) is 3. The fraction of sp³-hybridized carbons (Fsp3) is 0.615. The molecule has 88 valence electrons. The van der Waals surface area contributed by atoms with E-state index in [4.69, 9.17) is 4.74 Å². The second kappa shape index (κ2) is 5.41. The van der Waals surface area contributed by atoms with E-state index in [-0.39, 0.29) is 0 Å². The van der Waals surface area contributed by atoms with Crippen LogP contribution < -0.4 is 5.32 Å². The van der Waals surface area contributed by atoms with Crippen LogP contribution in [0.25, 0.3) is 0 Å². The molecule has 0 saturated heterocycles. The minimum atomic E-state index is 0.328. The van der Waals surface area contributed by atoms with Crippen LogP contribution in [0.15, 0.2) is 24.4 Å². The zero-order valence-corrected chi connectivity index (χ0v) is 10.0. The number of nitrogens with zero attached hydrogens (tertiary/aromatic N) is 1. The molecule has 0 spiro atoms. The van der Waals surface area contributed by atoms with Crippen molar-refractivity contribution in [3.05, 3.63) is 30.1 Å². The molecular weight excluding hydrogens is 200 g/mol. The Labute approximate surface area is 97.2 Å². The molecule has 1 aliphatic rings. The predicted octanol–water partition coefficient (Wildman–Crippen LogP) is 2.30. The van der Waals surface area contributed by atoms with Gasteiger partial charge in [0.25, 0.3) is 0 Å². The van der Waals surface area contributed by atoms with Gasteiger partial charge in [0, 0.05) is 24.9 Å². The topological polar surface area (TPSA) is 34.1 Å². The van der Waals surface area contributed by atoms with Gasteiger partial charge in [-0.25, -0.2) is 0 Å². The Hall–Kier alpha value is -0.930. The monoisotopic (exact) mass is 220 g/mol. The summed E-state index contributed by atoms with van der Waals surface area (Å²) in [6.07, 6.45) is 4.58. The summed E-state index contributed by atoms with van der Waals surface area (Å²) in [5.74, 6) is 0. The molecule has 1 aliphatic carbocycles. The van der Waals surface area contributed by atoms with Gasteiger partial charge in [-0.3, -0.25) is 4.98 Å². The Kier molecular flexibility index (Phi) is 3.91. The van der Waals surface area contributed by atoms with Crippen LogP contribution in [0, 0.1) is 0 Å². The Morgan fingerprint density at radius 3 is 2.94 bits per heavy atom. The van der Waals surface area contributed by atoms with E-state index < -0.39 is 0 Å². The number of hydrogen-bond donors (Lipinski definition) is 1. The highest BCUT2D eigenvalue weighted by Gasteiger charge is 2.30. The molecule has 1 unspecified atom stereocenters. The summed E-state index contributed by atoms with van der Waals surface area (Å²) in [4.78, 5) is 4.35. The van der Waals surface area contributed by atoms with E-state index in [2.05, 4.69) is 30.2 Å². The van der Waals surface area contributed by atoms with Gasteiger partial charge in [-0.1, -0.05) is 6.07 Å². The van der Waals surface area contributed by atoms with Crippen molar-refractivity contribution >= 4 is 0 Å². The minimum absolute atomic E-state index is 0.328. The van der Waals surface area contributed by atoms with Crippen LogP contribution in [-0.2, 0) is 4.74 Å². The molecule has 1 N–H and O–H groups in total. The summed E-state index contributed by atoms with van der Waals surface area (Å²) in [6.45, 7) is 5.04. The van der Waals surface area contributed by atoms with E-state index in [0.717, 1.165) is 25.1 Å². The summed E-state index contributed by atoms with van der Waals surface area (Å²) in [5.41, 5.74) is 1.11. The van der Waals surface area contributed by atoms with Crippen molar-refractivity contribution in [2.75, 3.05) is 6.61 Å². The third kappa shape index (κ3) is 2.80. The fourth-order valence-corrected chi connectivity index (χ4v) is 2.14. The van der Waals surface area contributed by atoms with Crippen LogP contribution in [0.5, 0.6) is 0 Å². The second-order valence-corrected chi connectivity index (χ2v) is 4.39.